The van der Waals surface area contributed by atoms with Crippen LogP contribution in [0.15, 0.2) is 42.1 Å². The van der Waals surface area contributed by atoms with E-state index in [1.807, 2.05) is 6.20 Å². The summed E-state index contributed by atoms with van der Waals surface area (Å²) in [5.41, 5.74) is 3.92. The van der Waals surface area contributed by atoms with Crippen molar-refractivity contribution in [2.45, 2.75) is 20.4 Å². The molecule has 2 heteroatoms. The van der Waals surface area contributed by atoms with Crippen molar-refractivity contribution in [2.75, 3.05) is 6.54 Å². The summed E-state index contributed by atoms with van der Waals surface area (Å²) in [6.45, 7) is 6.07. The van der Waals surface area contributed by atoms with Crippen LogP contribution in [0.5, 0.6) is 0 Å². The van der Waals surface area contributed by atoms with Gasteiger partial charge in [0.15, 0.2) is 0 Å². The summed E-state index contributed by atoms with van der Waals surface area (Å²) in [6, 6.07) is 8.50. The Labute approximate surface area is 96.4 Å². The number of H-pyrrole nitrogens is 1. The molecule has 0 aliphatic rings. The third-order valence-corrected chi connectivity index (χ3v) is 2.64. The molecule has 0 amide bonds. The first kappa shape index (κ1) is 11.0. The predicted octanol–water partition coefficient (Wildman–Crippen LogP) is 3.22. The van der Waals surface area contributed by atoms with Crippen LogP contribution in [0.3, 0.4) is 0 Å². The maximum atomic E-state index is 3.42. The third-order valence-electron chi connectivity index (χ3n) is 2.64. The van der Waals surface area contributed by atoms with Gasteiger partial charge in [0, 0.05) is 24.8 Å². The van der Waals surface area contributed by atoms with Crippen molar-refractivity contribution in [1.82, 2.24) is 10.3 Å². The van der Waals surface area contributed by atoms with Crippen LogP contribution in [0, 0.1) is 0 Å². The van der Waals surface area contributed by atoms with E-state index < -0.39 is 0 Å². The van der Waals surface area contributed by atoms with Gasteiger partial charge in [0.1, 0.15) is 0 Å². The zero-order chi connectivity index (χ0) is 11.4. The topological polar surface area (TPSA) is 27.8 Å². The van der Waals surface area contributed by atoms with Crippen molar-refractivity contribution in [2.24, 2.45) is 0 Å². The van der Waals surface area contributed by atoms with Gasteiger partial charge in [-0.05, 0) is 30.9 Å². The van der Waals surface area contributed by atoms with Crippen molar-refractivity contribution < 1.29 is 0 Å². The number of nitrogens with one attached hydrogen (secondary N) is 2. The monoisotopic (exact) mass is 214 g/mol. The van der Waals surface area contributed by atoms with Crippen molar-refractivity contribution >= 4 is 10.9 Å². The number of aromatic nitrogens is 1. The number of para-hydroxylation sites is 1. The Morgan fingerprint density at radius 3 is 3.00 bits per heavy atom. The summed E-state index contributed by atoms with van der Waals surface area (Å²) in [6.07, 6.45) is 4.19. The Kier molecular flexibility index (Phi) is 3.42. The molecule has 16 heavy (non-hydrogen) atoms. The second-order valence-corrected chi connectivity index (χ2v) is 4.27. The normalized spacial score (nSPS) is 10.6. The lowest BCUT2D eigenvalue weighted by molar-refractivity contribution is 0.760. The highest BCUT2D eigenvalue weighted by Crippen LogP contribution is 2.16. The number of allylic oxidation sites excluding steroid dienone is 1. The fourth-order valence-electron chi connectivity index (χ4n) is 1.78. The molecular weight excluding hydrogens is 196 g/mol. The number of aromatic amines is 1. The first-order chi connectivity index (χ1) is 7.77. The Bertz CT molecular complexity index is 490. The first-order valence-corrected chi connectivity index (χ1v) is 5.66. The summed E-state index contributed by atoms with van der Waals surface area (Å²) in [7, 11) is 0. The van der Waals surface area contributed by atoms with Crippen molar-refractivity contribution in [1.29, 1.82) is 0 Å². The Morgan fingerprint density at radius 1 is 1.31 bits per heavy atom. The van der Waals surface area contributed by atoms with E-state index in [2.05, 4.69) is 54.5 Å². The molecule has 0 saturated carbocycles. The van der Waals surface area contributed by atoms with E-state index in [0.717, 1.165) is 13.1 Å². The van der Waals surface area contributed by atoms with E-state index >= 15 is 0 Å². The number of rotatable bonds is 4. The molecule has 1 aromatic heterocycles. The zero-order valence-electron chi connectivity index (χ0n) is 9.88. The highest BCUT2D eigenvalue weighted by molar-refractivity contribution is 5.82. The van der Waals surface area contributed by atoms with Crippen LogP contribution >= 0.6 is 0 Å². The van der Waals surface area contributed by atoms with Gasteiger partial charge in [0.25, 0.3) is 0 Å². The maximum absolute atomic E-state index is 3.42. The van der Waals surface area contributed by atoms with Crippen LogP contribution in [-0.4, -0.2) is 11.5 Å². The van der Waals surface area contributed by atoms with Gasteiger partial charge in [-0.15, -0.1) is 0 Å². The van der Waals surface area contributed by atoms with Gasteiger partial charge >= 0.3 is 0 Å². The summed E-state index contributed by atoms with van der Waals surface area (Å²) < 4.78 is 0. The molecule has 2 aromatic rings. The highest BCUT2D eigenvalue weighted by Gasteiger charge is 1.99. The molecule has 0 fully saturated rings. The molecule has 2 N–H and O–H groups in total. The van der Waals surface area contributed by atoms with Gasteiger partial charge in [-0.25, -0.2) is 0 Å². The fraction of sp³-hybridized carbons (Fsp3) is 0.286. The largest absolute Gasteiger partial charge is 0.361 e. The molecule has 0 unspecified atom stereocenters. The molecular formula is C14H18N2. The van der Waals surface area contributed by atoms with Crippen LogP contribution in [0.25, 0.3) is 10.9 Å². The quantitative estimate of drug-likeness (QED) is 0.593. The molecule has 0 aliphatic heterocycles. The molecule has 1 aromatic carbocycles. The number of benzene rings is 1. The van der Waals surface area contributed by atoms with Crippen molar-refractivity contribution in [3.8, 4) is 0 Å². The number of fused-ring (bicyclic) bond motifs is 1. The molecule has 0 bridgehead atoms. The van der Waals surface area contributed by atoms with Crippen LogP contribution in [-0.2, 0) is 6.54 Å². The average Bonchev–Trinajstić information content (AvgIpc) is 2.72. The van der Waals surface area contributed by atoms with E-state index in [0.29, 0.717) is 0 Å². The van der Waals surface area contributed by atoms with E-state index in [4.69, 9.17) is 0 Å². The first-order valence-electron chi connectivity index (χ1n) is 5.66. The lowest BCUT2D eigenvalue weighted by Crippen LogP contribution is -2.13. The summed E-state index contributed by atoms with van der Waals surface area (Å²) in [4.78, 5) is 3.28. The standard InChI is InChI=1S/C14H18N2/c1-11(2)6-8-15-10-13-5-3-4-12-7-9-16-14(12)13/h3-7,9,15-16H,8,10H2,1-2H3. The zero-order valence-corrected chi connectivity index (χ0v) is 9.88. The summed E-state index contributed by atoms with van der Waals surface area (Å²) in [5, 5.41) is 4.70. The molecule has 0 aliphatic carbocycles. The minimum atomic E-state index is 0.904. The van der Waals surface area contributed by atoms with Gasteiger partial charge in [0.05, 0.1) is 0 Å². The Hall–Kier alpha value is -1.54. The third kappa shape index (κ3) is 2.52. The molecule has 84 valence electrons. The highest BCUT2D eigenvalue weighted by atomic mass is 14.8. The average molecular weight is 214 g/mol. The second kappa shape index (κ2) is 4.99. The molecule has 2 rings (SSSR count). The lowest BCUT2D eigenvalue weighted by atomic mass is 10.1. The van der Waals surface area contributed by atoms with Gasteiger partial charge in [0.2, 0.25) is 0 Å². The molecule has 0 atom stereocenters. The Balaban J connectivity index is 2.04. The van der Waals surface area contributed by atoms with Crippen LogP contribution in [0.4, 0.5) is 0 Å². The minimum Gasteiger partial charge on any atom is -0.361 e. The molecule has 0 saturated heterocycles. The molecule has 1 heterocycles. The van der Waals surface area contributed by atoms with Gasteiger partial charge in [-0.1, -0.05) is 29.8 Å². The maximum Gasteiger partial charge on any atom is 0.0499 e. The van der Waals surface area contributed by atoms with Crippen molar-refractivity contribution in [3.05, 3.63) is 47.7 Å². The van der Waals surface area contributed by atoms with Gasteiger partial charge < -0.3 is 10.3 Å². The van der Waals surface area contributed by atoms with E-state index in [-0.39, 0.29) is 0 Å². The van der Waals surface area contributed by atoms with Crippen LogP contribution in [0.1, 0.15) is 19.4 Å². The van der Waals surface area contributed by atoms with E-state index in [1.165, 1.54) is 22.0 Å². The van der Waals surface area contributed by atoms with E-state index in [1.54, 1.807) is 0 Å². The van der Waals surface area contributed by atoms with Gasteiger partial charge in [-0.2, -0.15) is 0 Å². The SMILES string of the molecule is CC(C)=CCNCc1cccc2cc[nH]c12. The van der Waals surface area contributed by atoms with Gasteiger partial charge in [-0.3, -0.25) is 0 Å². The second-order valence-electron chi connectivity index (χ2n) is 4.27. The smallest absolute Gasteiger partial charge is 0.0499 e. The minimum absolute atomic E-state index is 0.904. The number of hydrogen-bond donors (Lipinski definition) is 2. The van der Waals surface area contributed by atoms with Crippen molar-refractivity contribution in [3.63, 3.8) is 0 Å². The number of hydrogen-bond acceptors (Lipinski definition) is 1. The van der Waals surface area contributed by atoms with Crippen LogP contribution in [0.2, 0.25) is 0 Å². The Morgan fingerprint density at radius 2 is 2.19 bits per heavy atom. The summed E-state index contributed by atoms with van der Waals surface area (Å²) in [5.74, 6) is 0. The van der Waals surface area contributed by atoms with E-state index in [9.17, 15) is 0 Å². The fourth-order valence-corrected chi connectivity index (χ4v) is 1.78. The molecule has 2 nitrogen and oxygen atoms in total. The lowest BCUT2D eigenvalue weighted by Gasteiger charge is -2.04. The summed E-state index contributed by atoms with van der Waals surface area (Å²) >= 11 is 0. The predicted molar refractivity (Wildman–Crippen MR) is 69.4 cm³/mol. The molecule has 0 radical (unpaired) electrons. The molecule has 0 spiro atoms. The van der Waals surface area contributed by atoms with Crippen LogP contribution < -0.4 is 5.32 Å².